The van der Waals surface area contributed by atoms with Crippen molar-refractivity contribution in [1.82, 2.24) is 13.9 Å². The van der Waals surface area contributed by atoms with Crippen molar-refractivity contribution in [3.8, 4) is 0 Å². The van der Waals surface area contributed by atoms with E-state index in [1.807, 2.05) is 38.1 Å². The van der Waals surface area contributed by atoms with Gasteiger partial charge in [-0.15, -0.1) is 0 Å². The largest absolute Gasteiger partial charge is 0.444 e. The number of ether oxygens (including phenoxy) is 1. The van der Waals surface area contributed by atoms with E-state index < -0.39 is 31.7 Å². The normalized spacial score (nSPS) is 16.3. The molecule has 1 N–H and O–H groups in total. The molecule has 14 heteroatoms. The first-order valence-electron chi connectivity index (χ1n) is 17.1. The molecule has 2 aliphatic heterocycles. The lowest BCUT2D eigenvalue weighted by Crippen LogP contribution is -2.36. The quantitative estimate of drug-likeness (QED) is 0.211. The highest BCUT2D eigenvalue weighted by atomic mass is 79.9. The Kier molecular flexibility index (Phi) is 15.6. The van der Waals surface area contributed by atoms with Crippen molar-refractivity contribution in [2.24, 2.45) is 0 Å². The second kappa shape index (κ2) is 18.7. The number of fused-ring (bicyclic) bond motifs is 2. The third-order valence-corrected chi connectivity index (χ3v) is 13.5. The third kappa shape index (κ3) is 11.6. The smallest absolute Gasteiger partial charge is 0.408 e. The zero-order valence-corrected chi connectivity index (χ0v) is 35.0. The summed E-state index contributed by atoms with van der Waals surface area (Å²) in [7, 11) is -7.28. The highest BCUT2D eigenvalue weighted by Gasteiger charge is 2.32. The first-order chi connectivity index (χ1) is 24.8. The monoisotopic (exact) mass is 919 g/mol. The number of nitrogens with zero attached hydrogens (tertiary/aromatic N) is 2. The number of rotatable bonds is 5. The zero-order chi connectivity index (χ0) is 38.7. The SMILES string of the molecule is C.C.Cc1ccc(S(=O)(=O)N2CCC(=O)c3ccc(Br)cc3C2)cc1.Cc1ccc(S(=O)(=O)N2CCC(NC(=O)OC(C)(C)C)c3ccc(Br)cc3C2)cc1. The molecule has 0 fully saturated rings. The van der Waals surface area contributed by atoms with Crippen LogP contribution in [-0.4, -0.2) is 56.0 Å². The molecule has 4 aromatic rings. The molecule has 0 aromatic heterocycles. The summed E-state index contributed by atoms with van der Waals surface area (Å²) in [6.07, 6.45) is 0.120. The minimum Gasteiger partial charge on any atom is -0.444 e. The van der Waals surface area contributed by atoms with Crippen molar-refractivity contribution in [3.63, 3.8) is 0 Å². The summed E-state index contributed by atoms with van der Waals surface area (Å²) in [4.78, 5) is 25.1. The van der Waals surface area contributed by atoms with E-state index in [-0.39, 0.29) is 69.1 Å². The second-order valence-electron chi connectivity index (χ2n) is 14.1. The molecule has 2 heterocycles. The molecular weight excluding hydrogens is 870 g/mol. The molecule has 0 saturated carbocycles. The lowest BCUT2D eigenvalue weighted by molar-refractivity contribution is 0.0500. The molecule has 2 aliphatic rings. The van der Waals surface area contributed by atoms with E-state index in [2.05, 4.69) is 37.2 Å². The van der Waals surface area contributed by atoms with Crippen molar-refractivity contribution in [2.75, 3.05) is 13.1 Å². The van der Waals surface area contributed by atoms with Crippen LogP contribution in [0, 0.1) is 13.8 Å². The van der Waals surface area contributed by atoms with Crippen molar-refractivity contribution >= 4 is 63.8 Å². The number of alkyl carbamates (subject to hydrolysis) is 1. The van der Waals surface area contributed by atoms with Crippen LogP contribution in [-0.2, 0) is 37.9 Å². The van der Waals surface area contributed by atoms with Crippen LogP contribution < -0.4 is 5.32 Å². The van der Waals surface area contributed by atoms with Crippen LogP contribution in [0.4, 0.5) is 4.79 Å². The van der Waals surface area contributed by atoms with Crippen LogP contribution in [0.1, 0.15) is 92.7 Å². The molecule has 55 heavy (non-hydrogen) atoms. The van der Waals surface area contributed by atoms with E-state index in [4.69, 9.17) is 4.74 Å². The number of halogens is 2. The molecule has 1 atom stereocenters. The number of sulfonamides is 2. The van der Waals surface area contributed by atoms with E-state index in [0.717, 1.165) is 36.8 Å². The second-order valence-corrected chi connectivity index (χ2v) is 19.8. The molecular formula is C41H51Br2N3O7S2. The van der Waals surface area contributed by atoms with Gasteiger partial charge in [0.15, 0.2) is 5.78 Å². The Balaban J connectivity index is 0.000000294. The van der Waals surface area contributed by atoms with E-state index >= 15 is 0 Å². The molecule has 0 radical (unpaired) electrons. The lowest BCUT2D eigenvalue weighted by atomic mass is 9.99. The molecule has 298 valence electrons. The van der Waals surface area contributed by atoms with Crippen LogP contribution in [0.2, 0.25) is 0 Å². The first-order valence-corrected chi connectivity index (χ1v) is 21.5. The Morgan fingerprint density at radius 1 is 0.727 bits per heavy atom. The molecule has 0 bridgehead atoms. The van der Waals surface area contributed by atoms with Gasteiger partial charge in [-0.25, -0.2) is 21.6 Å². The van der Waals surface area contributed by atoms with Crippen molar-refractivity contribution in [3.05, 3.63) is 127 Å². The van der Waals surface area contributed by atoms with Gasteiger partial charge in [0.25, 0.3) is 0 Å². The lowest BCUT2D eigenvalue weighted by Gasteiger charge is -2.24. The van der Waals surface area contributed by atoms with Gasteiger partial charge in [-0.1, -0.05) is 88.2 Å². The van der Waals surface area contributed by atoms with Gasteiger partial charge in [-0.2, -0.15) is 8.61 Å². The van der Waals surface area contributed by atoms with Crippen molar-refractivity contribution < 1.29 is 31.2 Å². The maximum atomic E-state index is 13.3. The Morgan fingerprint density at radius 2 is 1.20 bits per heavy atom. The highest BCUT2D eigenvalue weighted by Crippen LogP contribution is 2.32. The van der Waals surface area contributed by atoms with Gasteiger partial charge in [-0.05, 0) is 112 Å². The Bertz CT molecular complexity index is 2210. The molecule has 1 amide bonds. The maximum absolute atomic E-state index is 13.3. The van der Waals surface area contributed by atoms with Gasteiger partial charge in [0.1, 0.15) is 5.60 Å². The summed E-state index contributed by atoms with van der Waals surface area (Å²) in [6.45, 7) is 10.2. The molecule has 0 spiro atoms. The number of nitrogens with one attached hydrogen (secondary N) is 1. The summed E-state index contributed by atoms with van der Waals surface area (Å²) < 4.78 is 62.2. The fourth-order valence-electron chi connectivity index (χ4n) is 6.07. The Morgan fingerprint density at radius 3 is 1.73 bits per heavy atom. The molecule has 0 aliphatic carbocycles. The first kappa shape index (κ1) is 46.0. The van der Waals surface area contributed by atoms with Crippen molar-refractivity contribution in [1.29, 1.82) is 0 Å². The van der Waals surface area contributed by atoms with Crippen LogP contribution in [0.5, 0.6) is 0 Å². The Hall–Kier alpha value is -3.40. The van der Waals surface area contributed by atoms with Crippen molar-refractivity contribution in [2.45, 2.75) is 96.8 Å². The summed E-state index contributed by atoms with van der Waals surface area (Å²) in [6, 6.07) is 24.4. The van der Waals surface area contributed by atoms with E-state index in [9.17, 15) is 26.4 Å². The van der Waals surface area contributed by atoms with Gasteiger partial charge in [0, 0.05) is 47.1 Å². The number of hydrogen-bond acceptors (Lipinski definition) is 7. The van der Waals surface area contributed by atoms with Gasteiger partial charge in [0.05, 0.1) is 15.8 Å². The van der Waals surface area contributed by atoms with Gasteiger partial charge in [0.2, 0.25) is 20.0 Å². The van der Waals surface area contributed by atoms with Crippen LogP contribution in [0.25, 0.3) is 0 Å². The average molecular weight is 922 g/mol. The predicted molar refractivity (Wildman–Crippen MR) is 225 cm³/mol. The third-order valence-electron chi connectivity index (χ3n) is 8.81. The minimum atomic E-state index is -3.66. The predicted octanol–water partition coefficient (Wildman–Crippen LogP) is 9.72. The Labute approximate surface area is 344 Å². The van der Waals surface area contributed by atoms with Crippen LogP contribution >= 0.6 is 31.9 Å². The minimum absolute atomic E-state index is 0. The summed E-state index contributed by atoms with van der Waals surface area (Å²) in [5, 5.41) is 2.91. The van der Waals surface area contributed by atoms with E-state index in [0.29, 0.717) is 12.0 Å². The summed E-state index contributed by atoms with van der Waals surface area (Å²) in [5.41, 5.74) is 4.47. The number of carbonyl (C=O) groups is 2. The summed E-state index contributed by atoms with van der Waals surface area (Å²) >= 11 is 6.85. The zero-order valence-electron chi connectivity index (χ0n) is 30.2. The average Bonchev–Trinajstić information content (AvgIpc) is 3.36. The highest BCUT2D eigenvalue weighted by molar-refractivity contribution is 9.10. The van der Waals surface area contributed by atoms with E-state index in [1.54, 1.807) is 81.4 Å². The standard InChI is InChI=1S/C22H27BrN2O4S.C17H16BrNO3S.2CH4/c1-15-5-8-18(9-6-15)30(27,28)25-12-11-20(24-21(26)29-22(2,3)4)19-10-7-17(23)13-16(19)14-25;1-12-2-5-15(6-3-12)23(21,22)19-9-8-17(20)16-7-4-14(18)10-13(16)11-19;;/h5-10,13,20H,11-12,14H2,1-4H3,(H,24,26);2-7,10H,8-9,11H2,1H3;2*1H4. The number of aryl methyl sites for hydroxylation is 2. The number of amides is 1. The number of Topliss-reactive ketones (excluding diaryl/α,β-unsaturated/α-hetero) is 1. The van der Waals surface area contributed by atoms with Crippen LogP contribution in [0.15, 0.2) is 104 Å². The molecule has 10 nitrogen and oxygen atoms in total. The van der Waals surface area contributed by atoms with E-state index in [1.165, 1.54) is 8.61 Å². The topological polar surface area (TPSA) is 130 Å². The van der Waals surface area contributed by atoms with Gasteiger partial charge in [-0.3, -0.25) is 4.79 Å². The number of hydrogen-bond donors (Lipinski definition) is 1. The molecule has 1 unspecified atom stereocenters. The fourth-order valence-corrected chi connectivity index (χ4v) is 9.74. The van der Waals surface area contributed by atoms with Gasteiger partial charge < -0.3 is 10.1 Å². The fraction of sp³-hybridized carbons (Fsp3) is 0.366. The van der Waals surface area contributed by atoms with Gasteiger partial charge >= 0.3 is 6.09 Å². The number of benzene rings is 4. The number of carbonyl (C=O) groups excluding carboxylic acids is 2. The van der Waals surface area contributed by atoms with Crippen LogP contribution in [0.3, 0.4) is 0 Å². The molecule has 0 saturated heterocycles. The molecule has 6 rings (SSSR count). The summed E-state index contributed by atoms with van der Waals surface area (Å²) in [5.74, 6) is -0.0193. The number of ketones is 1. The molecule has 4 aromatic carbocycles. The maximum Gasteiger partial charge on any atom is 0.408 e.